The molecule has 1 aromatic carbocycles. The zero-order chi connectivity index (χ0) is 14.5. The molecule has 0 aromatic heterocycles. The molecule has 6 heteroatoms. The normalized spacial score (nSPS) is 13.6. The molecule has 0 bridgehead atoms. The topological polar surface area (TPSA) is 12.0 Å². The largest absolute Gasteiger partial charge is 0.416 e. The lowest BCUT2D eigenvalue weighted by Crippen LogP contribution is -2.20. The predicted octanol–water partition coefficient (Wildman–Crippen LogP) is 4.08. The minimum absolute atomic E-state index is 0.0747. The molecule has 1 rings (SSSR count). The summed E-state index contributed by atoms with van der Waals surface area (Å²) in [6.45, 7) is 2.79. The van der Waals surface area contributed by atoms with Gasteiger partial charge in [-0.2, -0.15) is 24.9 Å². The van der Waals surface area contributed by atoms with Gasteiger partial charge in [0.25, 0.3) is 0 Å². The summed E-state index contributed by atoms with van der Waals surface area (Å²) in [4.78, 5) is 0. The Labute approximate surface area is 114 Å². The predicted molar refractivity (Wildman–Crippen MR) is 70.7 cm³/mol. The minimum atomic E-state index is -4.52. The number of benzene rings is 1. The lowest BCUT2D eigenvalue weighted by Gasteiger charge is -2.14. The van der Waals surface area contributed by atoms with E-state index in [1.807, 2.05) is 6.26 Å². The van der Waals surface area contributed by atoms with Gasteiger partial charge in [0.05, 0.1) is 5.56 Å². The maximum absolute atomic E-state index is 12.9. The van der Waals surface area contributed by atoms with Gasteiger partial charge in [-0.25, -0.2) is 4.39 Å². The molecule has 0 aliphatic heterocycles. The maximum atomic E-state index is 12.9. The third kappa shape index (κ3) is 5.40. The van der Waals surface area contributed by atoms with Gasteiger partial charge in [0.2, 0.25) is 0 Å². The van der Waals surface area contributed by atoms with Crippen molar-refractivity contribution in [2.24, 2.45) is 0 Å². The Kier molecular flexibility index (Phi) is 6.13. The highest BCUT2D eigenvalue weighted by Crippen LogP contribution is 2.32. The molecule has 0 aliphatic carbocycles. The summed E-state index contributed by atoms with van der Waals surface area (Å²) < 4.78 is 51.1. The molecule has 108 valence electrons. The molecule has 19 heavy (non-hydrogen) atoms. The van der Waals surface area contributed by atoms with E-state index in [1.165, 1.54) is 6.07 Å². The van der Waals surface area contributed by atoms with Crippen LogP contribution >= 0.6 is 11.8 Å². The first kappa shape index (κ1) is 16.3. The average Bonchev–Trinajstić information content (AvgIpc) is 2.34. The van der Waals surface area contributed by atoms with Crippen molar-refractivity contribution in [3.63, 3.8) is 0 Å². The van der Waals surface area contributed by atoms with E-state index < -0.39 is 17.6 Å². The second-order valence-electron chi connectivity index (χ2n) is 4.31. The van der Waals surface area contributed by atoms with E-state index in [4.69, 9.17) is 0 Å². The van der Waals surface area contributed by atoms with Gasteiger partial charge in [-0.15, -0.1) is 0 Å². The van der Waals surface area contributed by atoms with E-state index >= 15 is 0 Å². The Bertz CT molecular complexity index is 406. The van der Waals surface area contributed by atoms with E-state index in [0.717, 1.165) is 12.5 Å². The van der Waals surface area contributed by atoms with Crippen molar-refractivity contribution < 1.29 is 17.6 Å². The highest BCUT2D eigenvalue weighted by atomic mass is 32.2. The molecule has 0 aliphatic rings. The van der Waals surface area contributed by atoms with Crippen LogP contribution in [0.25, 0.3) is 0 Å². The van der Waals surface area contributed by atoms with Crippen LogP contribution in [-0.4, -0.2) is 18.1 Å². The van der Waals surface area contributed by atoms with Crippen LogP contribution in [0.3, 0.4) is 0 Å². The summed E-state index contributed by atoms with van der Waals surface area (Å²) >= 11 is 1.71. The lowest BCUT2D eigenvalue weighted by atomic mass is 10.1. The van der Waals surface area contributed by atoms with Gasteiger partial charge in [0, 0.05) is 11.8 Å². The first-order valence-corrected chi connectivity index (χ1v) is 7.22. The monoisotopic (exact) mass is 295 g/mol. The number of nitrogens with one attached hydrogen (secondary N) is 1. The standard InChI is InChI=1S/C13H17F4NS/c1-9(19-2)5-6-18-8-10-3-4-11(14)7-12(10)13(15,16)17/h3-4,7,9,18H,5-6,8H2,1-2H3. The smallest absolute Gasteiger partial charge is 0.313 e. The highest BCUT2D eigenvalue weighted by molar-refractivity contribution is 7.99. The number of rotatable bonds is 6. The summed E-state index contributed by atoms with van der Waals surface area (Å²) in [5.41, 5.74) is -0.830. The summed E-state index contributed by atoms with van der Waals surface area (Å²) in [6.07, 6.45) is -1.65. The van der Waals surface area contributed by atoms with E-state index in [0.29, 0.717) is 17.9 Å². The van der Waals surface area contributed by atoms with Crippen LogP contribution in [0.4, 0.5) is 17.6 Å². The fraction of sp³-hybridized carbons (Fsp3) is 0.538. The van der Waals surface area contributed by atoms with E-state index in [2.05, 4.69) is 12.2 Å². The van der Waals surface area contributed by atoms with Crippen LogP contribution in [0.15, 0.2) is 18.2 Å². The van der Waals surface area contributed by atoms with Gasteiger partial charge >= 0.3 is 6.18 Å². The average molecular weight is 295 g/mol. The Morgan fingerprint density at radius 2 is 2.00 bits per heavy atom. The Morgan fingerprint density at radius 1 is 1.32 bits per heavy atom. The molecule has 0 saturated carbocycles. The Morgan fingerprint density at radius 3 is 2.58 bits per heavy atom. The molecule has 0 heterocycles. The fourth-order valence-corrected chi connectivity index (χ4v) is 1.97. The highest BCUT2D eigenvalue weighted by Gasteiger charge is 2.33. The quantitative estimate of drug-likeness (QED) is 0.627. The first-order valence-electron chi connectivity index (χ1n) is 5.93. The summed E-state index contributed by atoms with van der Waals surface area (Å²) in [5.74, 6) is -0.868. The summed E-state index contributed by atoms with van der Waals surface area (Å²) in [7, 11) is 0. The minimum Gasteiger partial charge on any atom is -0.313 e. The van der Waals surface area contributed by atoms with Gasteiger partial charge in [-0.3, -0.25) is 0 Å². The third-order valence-electron chi connectivity index (χ3n) is 2.82. The third-order valence-corrected chi connectivity index (χ3v) is 3.86. The lowest BCUT2D eigenvalue weighted by molar-refractivity contribution is -0.138. The number of thioether (sulfide) groups is 1. The van der Waals surface area contributed by atoms with Gasteiger partial charge in [-0.1, -0.05) is 13.0 Å². The second kappa shape index (κ2) is 7.14. The van der Waals surface area contributed by atoms with Crippen LogP contribution < -0.4 is 5.32 Å². The van der Waals surface area contributed by atoms with Crippen molar-refractivity contribution in [2.75, 3.05) is 12.8 Å². The molecular weight excluding hydrogens is 278 g/mol. The Balaban J connectivity index is 2.63. The van der Waals surface area contributed by atoms with Crippen LogP contribution in [0.1, 0.15) is 24.5 Å². The number of hydrogen-bond acceptors (Lipinski definition) is 2. The molecule has 1 aromatic rings. The van der Waals surface area contributed by atoms with Crippen LogP contribution in [0, 0.1) is 5.82 Å². The van der Waals surface area contributed by atoms with Gasteiger partial charge in [0.1, 0.15) is 5.82 Å². The molecule has 0 fully saturated rings. The zero-order valence-corrected chi connectivity index (χ0v) is 11.7. The fourth-order valence-electron chi connectivity index (χ4n) is 1.61. The molecule has 0 spiro atoms. The van der Waals surface area contributed by atoms with Crippen molar-refractivity contribution >= 4 is 11.8 Å². The van der Waals surface area contributed by atoms with Crippen molar-refractivity contribution in [3.05, 3.63) is 35.1 Å². The molecule has 0 saturated heterocycles. The number of hydrogen-bond donors (Lipinski definition) is 1. The van der Waals surface area contributed by atoms with Crippen LogP contribution in [-0.2, 0) is 12.7 Å². The summed E-state index contributed by atoms with van der Waals surface area (Å²) in [6, 6.07) is 2.78. The Hall–Kier alpha value is -0.750. The van der Waals surface area contributed by atoms with Gasteiger partial charge in [0.15, 0.2) is 0 Å². The van der Waals surface area contributed by atoms with Crippen molar-refractivity contribution in [3.8, 4) is 0 Å². The second-order valence-corrected chi connectivity index (χ2v) is 5.59. The van der Waals surface area contributed by atoms with Crippen LogP contribution in [0.2, 0.25) is 0 Å². The molecule has 1 N–H and O–H groups in total. The molecule has 1 unspecified atom stereocenters. The van der Waals surface area contributed by atoms with Gasteiger partial charge < -0.3 is 5.32 Å². The van der Waals surface area contributed by atoms with Crippen molar-refractivity contribution in [2.45, 2.75) is 31.3 Å². The van der Waals surface area contributed by atoms with Gasteiger partial charge in [-0.05, 0) is 36.9 Å². The SMILES string of the molecule is CSC(C)CCNCc1ccc(F)cc1C(F)(F)F. The number of alkyl halides is 3. The van der Waals surface area contributed by atoms with Crippen molar-refractivity contribution in [1.29, 1.82) is 0 Å². The summed E-state index contributed by atoms with van der Waals surface area (Å²) in [5, 5.41) is 3.42. The maximum Gasteiger partial charge on any atom is 0.416 e. The first-order chi connectivity index (χ1) is 8.84. The molecule has 0 radical (unpaired) electrons. The van der Waals surface area contributed by atoms with E-state index in [1.54, 1.807) is 11.8 Å². The van der Waals surface area contributed by atoms with Crippen LogP contribution in [0.5, 0.6) is 0 Å². The zero-order valence-electron chi connectivity index (χ0n) is 10.9. The molecule has 1 nitrogen and oxygen atoms in total. The van der Waals surface area contributed by atoms with E-state index in [-0.39, 0.29) is 12.1 Å². The molecular formula is C13H17F4NS. The van der Waals surface area contributed by atoms with E-state index in [9.17, 15) is 17.6 Å². The molecule has 0 amide bonds. The number of halogens is 4. The molecule has 1 atom stereocenters. The van der Waals surface area contributed by atoms with Crippen molar-refractivity contribution in [1.82, 2.24) is 5.32 Å².